The van der Waals surface area contributed by atoms with E-state index in [0.717, 1.165) is 29.8 Å². The number of fused-ring (bicyclic) bond motifs is 3. The number of aliphatic hydroxyl groups is 1. The van der Waals surface area contributed by atoms with Crippen molar-refractivity contribution in [1.29, 1.82) is 0 Å². The Hall–Kier alpha value is -2.16. The molecule has 0 radical (unpaired) electrons. The van der Waals surface area contributed by atoms with Gasteiger partial charge in [0.25, 0.3) is 0 Å². The molecule has 30 heavy (non-hydrogen) atoms. The lowest BCUT2D eigenvalue weighted by atomic mass is 9.84. The fraction of sp³-hybridized carbons (Fsp3) is 0.636. The van der Waals surface area contributed by atoms with Crippen LogP contribution in [0.5, 0.6) is 5.75 Å². The zero-order chi connectivity index (χ0) is 21.1. The van der Waals surface area contributed by atoms with E-state index in [4.69, 9.17) is 14.2 Å². The quantitative estimate of drug-likeness (QED) is 0.526. The smallest absolute Gasteiger partial charge is 0.224 e. The van der Waals surface area contributed by atoms with Gasteiger partial charge in [-0.15, -0.1) is 0 Å². The molecule has 164 valence electrons. The van der Waals surface area contributed by atoms with E-state index < -0.39 is 6.10 Å². The molecule has 2 aliphatic heterocycles. The van der Waals surface area contributed by atoms with E-state index in [0.29, 0.717) is 31.9 Å². The fourth-order valence-corrected chi connectivity index (χ4v) is 4.33. The largest absolute Gasteiger partial charge is 0.487 e. The van der Waals surface area contributed by atoms with Gasteiger partial charge in [0.2, 0.25) is 11.8 Å². The van der Waals surface area contributed by atoms with Gasteiger partial charge in [-0.3, -0.25) is 9.59 Å². The Bertz CT molecular complexity index is 781. The van der Waals surface area contributed by atoms with Gasteiger partial charge < -0.3 is 30.0 Å². The van der Waals surface area contributed by atoms with Crippen molar-refractivity contribution >= 4 is 17.5 Å². The molecule has 1 aromatic rings. The number of carbonyl (C=O) groups is 2. The second-order valence-electron chi connectivity index (χ2n) is 8.40. The van der Waals surface area contributed by atoms with Crippen molar-refractivity contribution in [3.63, 3.8) is 0 Å². The van der Waals surface area contributed by atoms with Crippen molar-refractivity contribution in [2.24, 2.45) is 5.92 Å². The Labute approximate surface area is 176 Å². The van der Waals surface area contributed by atoms with E-state index in [1.807, 2.05) is 18.2 Å². The Morgan fingerprint density at radius 3 is 2.80 bits per heavy atom. The molecular formula is C22H30N2O6. The molecule has 1 saturated carbocycles. The molecule has 2 heterocycles. The summed E-state index contributed by atoms with van der Waals surface area (Å²) in [5, 5.41) is 15.6. The monoisotopic (exact) mass is 418 g/mol. The first-order valence-corrected chi connectivity index (χ1v) is 10.7. The predicted octanol–water partition coefficient (Wildman–Crippen LogP) is 1.57. The molecule has 2 fully saturated rings. The molecule has 2 amide bonds. The SMILES string of the molecule is COCCNC(=O)C[C@@H]1C[C@@H]2c3cc(NC(=O)CC4CC4)ccc3O[C@@H]2[C@@H](CO)O1. The maximum absolute atomic E-state index is 12.2. The molecule has 0 spiro atoms. The lowest BCUT2D eigenvalue weighted by Crippen LogP contribution is -2.47. The van der Waals surface area contributed by atoms with Crippen LogP contribution < -0.4 is 15.4 Å². The number of anilines is 1. The summed E-state index contributed by atoms with van der Waals surface area (Å²) in [6, 6.07) is 5.66. The minimum absolute atomic E-state index is 0.00274. The van der Waals surface area contributed by atoms with Gasteiger partial charge in [-0.05, 0) is 43.4 Å². The van der Waals surface area contributed by atoms with E-state index in [-0.39, 0.29) is 43.0 Å². The molecule has 4 rings (SSSR count). The normalized spacial score (nSPS) is 27.0. The lowest BCUT2D eigenvalue weighted by Gasteiger charge is -2.37. The summed E-state index contributed by atoms with van der Waals surface area (Å²) in [5.41, 5.74) is 1.75. The van der Waals surface area contributed by atoms with E-state index >= 15 is 0 Å². The molecule has 1 aromatic carbocycles. The van der Waals surface area contributed by atoms with Crippen molar-refractivity contribution in [3.8, 4) is 5.75 Å². The first-order valence-electron chi connectivity index (χ1n) is 10.7. The van der Waals surface area contributed by atoms with Gasteiger partial charge in [0.1, 0.15) is 18.0 Å². The summed E-state index contributed by atoms with van der Waals surface area (Å²) >= 11 is 0. The lowest BCUT2D eigenvalue weighted by molar-refractivity contribution is -0.142. The Kier molecular flexibility index (Phi) is 6.55. The highest BCUT2D eigenvalue weighted by molar-refractivity contribution is 5.91. The third kappa shape index (κ3) is 4.94. The number of ether oxygens (including phenoxy) is 3. The van der Waals surface area contributed by atoms with Crippen LogP contribution in [-0.2, 0) is 19.1 Å². The molecule has 8 heteroatoms. The third-order valence-electron chi connectivity index (χ3n) is 6.00. The third-order valence-corrected chi connectivity index (χ3v) is 6.00. The topological polar surface area (TPSA) is 106 Å². The highest BCUT2D eigenvalue weighted by Gasteiger charge is 2.46. The summed E-state index contributed by atoms with van der Waals surface area (Å²) in [4.78, 5) is 24.4. The van der Waals surface area contributed by atoms with Crippen LogP contribution in [-0.4, -0.2) is 62.1 Å². The summed E-state index contributed by atoms with van der Waals surface area (Å²) in [7, 11) is 1.59. The van der Waals surface area contributed by atoms with E-state index in [2.05, 4.69) is 10.6 Å². The summed E-state index contributed by atoms with van der Waals surface area (Å²) in [6.07, 6.45) is 2.57. The number of hydrogen-bond donors (Lipinski definition) is 3. The van der Waals surface area contributed by atoms with Gasteiger partial charge in [-0.25, -0.2) is 0 Å². The standard InChI is InChI=1S/C22H30N2O6/c1-28-7-6-23-20(26)11-15-10-17-16-9-14(24-21(27)8-13-2-3-13)4-5-18(16)30-22(17)19(12-25)29-15/h4-5,9,13,15,17,19,22,25H,2-3,6-8,10-12H2,1H3,(H,23,26)(H,24,27)/t15-,17+,19+,22-/m0/s1. The van der Waals surface area contributed by atoms with Crippen molar-refractivity contribution < 1.29 is 28.9 Å². The molecule has 1 saturated heterocycles. The Morgan fingerprint density at radius 2 is 2.07 bits per heavy atom. The first kappa shape index (κ1) is 21.1. The average molecular weight is 418 g/mol. The van der Waals surface area contributed by atoms with Crippen LogP contribution in [0.15, 0.2) is 18.2 Å². The molecule has 3 aliphatic rings. The van der Waals surface area contributed by atoms with Gasteiger partial charge in [0, 0.05) is 37.2 Å². The van der Waals surface area contributed by atoms with E-state index in [1.54, 1.807) is 7.11 Å². The van der Waals surface area contributed by atoms with Crippen LogP contribution in [0, 0.1) is 5.92 Å². The Balaban J connectivity index is 1.43. The van der Waals surface area contributed by atoms with Crippen LogP contribution in [0.1, 0.15) is 43.6 Å². The molecule has 0 unspecified atom stereocenters. The van der Waals surface area contributed by atoms with Crippen molar-refractivity contribution in [1.82, 2.24) is 5.32 Å². The zero-order valence-corrected chi connectivity index (χ0v) is 17.3. The van der Waals surface area contributed by atoms with Crippen LogP contribution in [0.25, 0.3) is 0 Å². The number of rotatable bonds is 9. The molecule has 0 aromatic heterocycles. The maximum atomic E-state index is 12.2. The molecule has 3 N–H and O–H groups in total. The van der Waals surface area contributed by atoms with E-state index in [1.165, 1.54) is 0 Å². The van der Waals surface area contributed by atoms with Gasteiger partial charge in [-0.2, -0.15) is 0 Å². The minimum Gasteiger partial charge on any atom is -0.487 e. The highest BCUT2D eigenvalue weighted by Crippen LogP contribution is 2.47. The average Bonchev–Trinajstić information content (AvgIpc) is 3.46. The number of methoxy groups -OCH3 is 1. The van der Waals surface area contributed by atoms with Gasteiger partial charge in [0.05, 0.1) is 25.7 Å². The van der Waals surface area contributed by atoms with Gasteiger partial charge in [0.15, 0.2) is 0 Å². The highest BCUT2D eigenvalue weighted by atomic mass is 16.6. The van der Waals surface area contributed by atoms with Crippen molar-refractivity contribution in [3.05, 3.63) is 23.8 Å². The van der Waals surface area contributed by atoms with Gasteiger partial charge >= 0.3 is 0 Å². The molecule has 0 bridgehead atoms. The molecule has 4 atom stereocenters. The van der Waals surface area contributed by atoms with Crippen LogP contribution in [0.3, 0.4) is 0 Å². The maximum Gasteiger partial charge on any atom is 0.224 e. The summed E-state index contributed by atoms with van der Waals surface area (Å²) in [6.45, 7) is 0.729. The van der Waals surface area contributed by atoms with Crippen LogP contribution >= 0.6 is 0 Å². The zero-order valence-electron chi connectivity index (χ0n) is 17.3. The number of aliphatic hydroxyl groups excluding tert-OH is 1. The second kappa shape index (κ2) is 9.32. The number of hydrogen-bond acceptors (Lipinski definition) is 6. The Morgan fingerprint density at radius 1 is 1.23 bits per heavy atom. The molecular weight excluding hydrogens is 388 g/mol. The minimum atomic E-state index is -0.499. The number of benzene rings is 1. The fourth-order valence-electron chi connectivity index (χ4n) is 4.33. The molecule has 8 nitrogen and oxygen atoms in total. The summed E-state index contributed by atoms with van der Waals surface area (Å²) < 4.78 is 17.0. The predicted molar refractivity (Wildman–Crippen MR) is 109 cm³/mol. The van der Waals surface area contributed by atoms with Crippen molar-refractivity contribution in [2.45, 2.75) is 56.3 Å². The number of carbonyl (C=O) groups excluding carboxylic acids is 2. The second-order valence-corrected chi connectivity index (χ2v) is 8.40. The van der Waals surface area contributed by atoms with Crippen molar-refractivity contribution in [2.75, 3.05) is 32.2 Å². The van der Waals surface area contributed by atoms with Crippen LogP contribution in [0.4, 0.5) is 5.69 Å². The molecule has 1 aliphatic carbocycles. The van der Waals surface area contributed by atoms with E-state index in [9.17, 15) is 14.7 Å². The van der Waals surface area contributed by atoms with Crippen LogP contribution in [0.2, 0.25) is 0 Å². The first-order chi connectivity index (χ1) is 14.6. The number of amides is 2. The summed E-state index contributed by atoms with van der Waals surface area (Å²) in [5.74, 6) is 1.22. The van der Waals surface area contributed by atoms with Gasteiger partial charge in [-0.1, -0.05) is 0 Å². The number of nitrogens with one attached hydrogen (secondary N) is 2.